The molecule has 0 saturated carbocycles. The van der Waals surface area contributed by atoms with Gasteiger partial charge in [0, 0.05) is 49.3 Å². The summed E-state index contributed by atoms with van der Waals surface area (Å²) in [6.07, 6.45) is 0. The minimum atomic E-state index is 0.866. The quantitative estimate of drug-likeness (QED) is 0.168. The predicted molar refractivity (Wildman–Crippen MR) is 257 cm³/mol. The molecular weight excluding hydrogens is 759 g/mol. The molecule has 0 aliphatic heterocycles. The molecule has 0 amide bonds. The first-order valence-electron chi connectivity index (χ1n) is 21.0. The summed E-state index contributed by atoms with van der Waals surface area (Å²) >= 11 is 0. The highest BCUT2D eigenvalue weighted by molar-refractivity contribution is 6.17. The van der Waals surface area contributed by atoms with E-state index in [2.05, 4.69) is 193 Å². The number of nitrogens with zero attached hydrogens (tertiary/aromatic N) is 1. The van der Waals surface area contributed by atoms with E-state index < -0.39 is 0 Å². The molecule has 0 saturated heterocycles. The second-order valence-corrected chi connectivity index (χ2v) is 16.0. The summed E-state index contributed by atoms with van der Waals surface area (Å²) in [5.74, 6) is 0. The van der Waals surface area contributed by atoms with Gasteiger partial charge in [0.05, 0.1) is 5.69 Å². The molecule has 0 spiro atoms. The molecule has 0 N–H and O–H groups in total. The average molecular weight is 794 g/mol. The molecule has 3 heterocycles. The molecule has 290 valence electrons. The van der Waals surface area contributed by atoms with Crippen LogP contribution in [0.25, 0.3) is 110 Å². The third-order valence-electron chi connectivity index (χ3n) is 12.5. The first-order chi connectivity index (χ1) is 30.7. The van der Waals surface area contributed by atoms with Gasteiger partial charge in [-0.05, 0) is 111 Å². The van der Waals surface area contributed by atoms with Crippen molar-refractivity contribution in [2.75, 3.05) is 4.90 Å². The summed E-state index contributed by atoms with van der Waals surface area (Å²) in [7, 11) is 0. The molecule has 4 nitrogen and oxygen atoms in total. The molecular formula is C58H35NO3. The molecule has 3 aromatic heterocycles. The van der Waals surface area contributed by atoms with Crippen LogP contribution in [0, 0.1) is 0 Å². The number of hydrogen-bond donors (Lipinski definition) is 0. The summed E-state index contributed by atoms with van der Waals surface area (Å²) < 4.78 is 19.1. The van der Waals surface area contributed by atoms with Gasteiger partial charge in [-0.2, -0.15) is 0 Å². The molecule has 0 atom stereocenters. The first kappa shape index (κ1) is 34.5. The highest BCUT2D eigenvalue weighted by Gasteiger charge is 2.22. The Morgan fingerprint density at radius 2 is 0.694 bits per heavy atom. The second-order valence-electron chi connectivity index (χ2n) is 16.0. The van der Waals surface area contributed by atoms with Gasteiger partial charge in [0.15, 0.2) is 0 Å². The van der Waals surface area contributed by atoms with Gasteiger partial charge in [0.25, 0.3) is 0 Å². The van der Waals surface area contributed by atoms with E-state index in [-0.39, 0.29) is 0 Å². The number of anilines is 3. The van der Waals surface area contributed by atoms with Crippen molar-refractivity contribution in [3.05, 3.63) is 212 Å². The molecule has 0 unspecified atom stereocenters. The van der Waals surface area contributed by atoms with Gasteiger partial charge in [-0.25, -0.2) is 0 Å². The van der Waals surface area contributed by atoms with Gasteiger partial charge >= 0.3 is 0 Å². The lowest BCUT2D eigenvalue weighted by atomic mass is 9.95. The van der Waals surface area contributed by atoms with Crippen LogP contribution in [0.1, 0.15) is 0 Å². The predicted octanol–water partition coefficient (Wildman–Crippen LogP) is 17.0. The van der Waals surface area contributed by atoms with Crippen LogP contribution >= 0.6 is 0 Å². The number of para-hydroxylation sites is 3. The fourth-order valence-corrected chi connectivity index (χ4v) is 9.67. The second kappa shape index (κ2) is 13.6. The summed E-state index contributed by atoms with van der Waals surface area (Å²) in [4.78, 5) is 2.38. The molecule has 0 radical (unpaired) electrons. The zero-order valence-electron chi connectivity index (χ0n) is 33.4. The lowest BCUT2D eigenvalue weighted by Crippen LogP contribution is -2.11. The van der Waals surface area contributed by atoms with Crippen LogP contribution in [0.15, 0.2) is 226 Å². The van der Waals surface area contributed by atoms with Crippen molar-refractivity contribution < 1.29 is 13.3 Å². The number of fused-ring (bicyclic) bond motifs is 10. The Hall–Kier alpha value is -8.34. The first-order valence-corrected chi connectivity index (χ1v) is 21.0. The van der Waals surface area contributed by atoms with Crippen LogP contribution in [0.5, 0.6) is 0 Å². The summed E-state index contributed by atoms with van der Waals surface area (Å²) in [6, 6.07) is 75.1. The molecule has 0 bridgehead atoms. The zero-order chi connectivity index (χ0) is 40.7. The Kier molecular flexibility index (Phi) is 7.57. The van der Waals surface area contributed by atoms with Crippen molar-refractivity contribution in [2.24, 2.45) is 0 Å². The van der Waals surface area contributed by atoms with Crippen LogP contribution in [-0.4, -0.2) is 0 Å². The monoisotopic (exact) mass is 793 g/mol. The van der Waals surface area contributed by atoms with Crippen molar-refractivity contribution in [1.29, 1.82) is 0 Å². The van der Waals surface area contributed by atoms with E-state index in [9.17, 15) is 0 Å². The van der Waals surface area contributed by atoms with E-state index in [0.29, 0.717) is 0 Å². The zero-order valence-corrected chi connectivity index (χ0v) is 33.4. The number of furan rings is 3. The largest absolute Gasteiger partial charge is 0.456 e. The maximum atomic E-state index is 6.58. The number of rotatable bonds is 6. The van der Waals surface area contributed by atoms with E-state index in [1.807, 2.05) is 24.3 Å². The highest BCUT2D eigenvalue weighted by atomic mass is 16.3. The minimum absolute atomic E-state index is 0.866. The maximum Gasteiger partial charge on any atom is 0.136 e. The molecule has 4 heteroatoms. The molecule has 10 aromatic carbocycles. The van der Waals surface area contributed by atoms with Crippen molar-refractivity contribution >= 4 is 93.7 Å². The van der Waals surface area contributed by atoms with Gasteiger partial charge in [0.2, 0.25) is 0 Å². The van der Waals surface area contributed by atoms with Gasteiger partial charge in [-0.15, -0.1) is 0 Å². The van der Waals surface area contributed by atoms with Crippen LogP contribution in [0.4, 0.5) is 17.1 Å². The molecule has 62 heavy (non-hydrogen) atoms. The maximum absolute atomic E-state index is 6.58. The molecule has 0 fully saturated rings. The standard InChI is InChI=1S/C58H35NO3/c1-2-13-39-35-55-48(34-38(39)12-1)58-45(19-11-25-54(58)62-55)44-14-3-6-20-49(44)59(40-30-26-36(27-31-40)42-17-9-23-52-56(42)46-15-4-7-21-50(46)60-52)41-32-28-37(29-33-41)43-18-10-24-53-57(43)47-16-5-8-22-51(47)61-53/h1-35H. The number of hydrogen-bond acceptors (Lipinski definition) is 4. The summed E-state index contributed by atoms with van der Waals surface area (Å²) in [5, 5.41) is 9.04. The lowest BCUT2D eigenvalue weighted by molar-refractivity contribution is 0.668. The summed E-state index contributed by atoms with van der Waals surface area (Å²) in [5.41, 5.74) is 15.2. The lowest BCUT2D eigenvalue weighted by Gasteiger charge is -2.28. The van der Waals surface area contributed by atoms with Crippen LogP contribution < -0.4 is 4.90 Å². The van der Waals surface area contributed by atoms with E-state index in [1.54, 1.807) is 0 Å². The van der Waals surface area contributed by atoms with E-state index in [4.69, 9.17) is 13.3 Å². The van der Waals surface area contributed by atoms with E-state index >= 15 is 0 Å². The smallest absolute Gasteiger partial charge is 0.136 e. The minimum Gasteiger partial charge on any atom is -0.456 e. The van der Waals surface area contributed by atoms with Gasteiger partial charge < -0.3 is 18.2 Å². The Morgan fingerprint density at radius 3 is 1.27 bits per heavy atom. The van der Waals surface area contributed by atoms with Gasteiger partial charge in [-0.1, -0.05) is 140 Å². The van der Waals surface area contributed by atoms with Gasteiger partial charge in [-0.3, -0.25) is 0 Å². The van der Waals surface area contributed by atoms with Crippen molar-refractivity contribution in [3.63, 3.8) is 0 Å². The van der Waals surface area contributed by atoms with E-state index in [0.717, 1.165) is 122 Å². The van der Waals surface area contributed by atoms with Crippen molar-refractivity contribution in [1.82, 2.24) is 0 Å². The average Bonchev–Trinajstić information content (AvgIpc) is 4.03. The van der Waals surface area contributed by atoms with E-state index in [1.165, 1.54) is 5.39 Å². The normalized spacial score (nSPS) is 11.9. The Morgan fingerprint density at radius 1 is 0.274 bits per heavy atom. The Labute approximate surface area is 356 Å². The van der Waals surface area contributed by atoms with Crippen molar-refractivity contribution in [2.45, 2.75) is 0 Å². The fourth-order valence-electron chi connectivity index (χ4n) is 9.67. The Balaban J connectivity index is 0.995. The number of benzene rings is 10. The van der Waals surface area contributed by atoms with Crippen LogP contribution in [0.2, 0.25) is 0 Å². The molecule has 13 aromatic rings. The third-order valence-corrected chi connectivity index (χ3v) is 12.5. The van der Waals surface area contributed by atoms with Crippen molar-refractivity contribution in [3.8, 4) is 33.4 Å². The highest BCUT2D eigenvalue weighted by Crippen LogP contribution is 2.47. The van der Waals surface area contributed by atoms with Gasteiger partial charge in [0.1, 0.15) is 33.5 Å². The Bertz CT molecular complexity index is 3710. The fraction of sp³-hybridized carbons (Fsp3) is 0. The third kappa shape index (κ3) is 5.33. The molecule has 0 aliphatic rings. The van der Waals surface area contributed by atoms with Crippen LogP contribution in [0.3, 0.4) is 0 Å². The SMILES string of the molecule is c1ccc(N(c2ccc(-c3cccc4oc5ccccc5c34)cc2)c2ccc(-c3cccc4oc5ccccc5c34)cc2)c(-c2cccc3oc4cc5ccccc5cc4c23)c1. The molecule has 0 aliphatic carbocycles. The summed E-state index contributed by atoms with van der Waals surface area (Å²) in [6.45, 7) is 0. The molecule has 13 rings (SSSR count). The van der Waals surface area contributed by atoms with Crippen LogP contribution in [-0.2, 0) is 0 Å². The topological polar surface area (TPSA) is 42.7 Å².